The number of nitrogens with zero attached hydrogens (tertiary/aromatic N) is 2. The van der Waals surface area contributed by atoms with Gasteiger partial charge in [0.05, 0.1) is 0 Å². The van der Waals surface area contributed by atoms with Crippen molar-refractivity contribution in [3.63, 3.8) is 0 Å². The molecule has 1 aromatic heterocycles. The fraction of sp³-hybridized carbons (Fsp3) is 0.556. The first kappa shape index (κ1) is 11.1. The molecule has 0 fully saturated rings. The van der Waals surface area contributed by atoms with Gasteiger partial charge < -0.3 is 11.1 Å². The smallest absolute Gasteiger partial charge is 0.191 e. The largest absolute Gasteiger partial charge is 0.383 e. The number of nitrogens with two attached hydrogens (primary N) is 1. The summed E-state index contributed by atoms with van der Waals surface area (Å²) < 4.78 is 0. The lowest BCUT2D eigenvalue weighted by Gasteiger charge is -2.21. The van der Waals surface area contributed by atoms with Crippen LogP contribution in [0.2, 0.25) is 0 Å². The molecule has 1 heterocycles. The topological polar surface area (TPSA) is 63.8 Å². The zero-order valence-corrected chi connectivity index (χ0v) is 9.77. The first-order valence-corrected chi connectivity index (χ1v) is 5.60. The van der Waals surface area contributed by atoms with Crippen LogP contribution in [0.3, 0.4) is 0 Å². The highest BCUT2D eigenvalue weighted by Gasteiger charge is 2.11. The number of hydrogen-bond acceptors (Lipinski definition) is 5. The highest BCUT2D eigenvalue weighted by molar-refractivity contribution is 7.98. The third kappa shape index (κ3) is 3.41. The third-order valence-corrected chi connectivity index (χ3v) is 1.96. The van der Waals surface area contributed by atoms with Crippen molar-refractivity contribution in [3.05, 3.63) is 6.07 Å². The molecule has 4 nitrogen and oxygen atoms in total. The minimum atomic E-state index is -0.0174. The van der Waals surface area contributed by atoms with E-state index in [-0.39, 0.29) is 5.54 Å². The lowest BCUT2D eigenvalue weighted by Crippen LogP contribution is -2.26. The van der Waals surface area contributed by atoms with Gasteiger partial charge in [-0.2, -0.15) is 0 Å². The van der Waals surface area contributed by atoms with Gasteiger partial charge in [-0.15, -0.1) is 0 Å². The highest BCUT2D eigenvalue weighted by Crippen LogP contribution is 2.18. The van der Waals surface area contributed by atoms with Crippen molar-refractivity contribution in [2.45, 2.75) is 31.5 Å². The molecule has 0 unspecified atom stereocenters. The number of nitrogen functional groups attached to an aromatic ring is 1. The number of nitrogens with one attached hydrogen (secondary N) is 1. The van der Waals surface area contributed by atoms with E-state index in [0.717, 1.165) is 5.82 Å². The van der Waals surface area contributed by atoms with Crippen LogP contribution in [-0.2, 0) is 0 Å². The fourth-order valence-electron chi connectivity index (χ4n) is 0.983. The summed E-state index contributed by atoms with van der Waals surface area (Å²) in [6, 6.07) is 1.74. The molecule has 0 aliphatic heterocycles. The Morgan fingerprint density at radius 1 is 1.36 bits per heavy atom. The second-order valence-electron chi connectivity index (χ2n) is 4.04. The summed E-state index contributed by atoms with van der Waals surface area (Å²) in [5.41, 5.74) is 5.63. The van der Waals surface area contributed by atoms with E-state index in [0.29, 0.717) is 11.0 Å². The molecule has 0 aliphatic rings. The molecule has 0 bridgehead atoms. The van der Waals surface area contributed by atoms with Gasteiger partial charge in [-0.1, -0.05) is 11.8 Å². The van der Waals surface area contributed by atoms with E-state index in [4.69, 9.17) is 5.73 Å². The first-order chi connectivity index (χ1) is 6.40. The van der Waals surface area contributed by atoms with Crippen molar-refractivity contribution in [3.8, 4) is 0 Å². The Bertz CT molecular complexity index is 319. The Balaban J connectivity index is 2.92. The molecule has 78 valence electrons. The van der Waals surface area contributed by atoms with Gasteiger partial charge in [0.1, 0.15) is 11.6 Å². The second-order valence-corrected chi connectivity index (χ2v) is 4.81. The van der Waals surface area contributed by atoms with Gasteiger partial charge in [-0.3, -0.25) is 0 Å². The van der Waals surface area contributed by atoms with Gasteiger partial charge in [0.15, 0.2) is 5.16 Å². The predicted octanol–water partition coefficient (Wildman–Crippen LogP) is 1.99. The maximum Gasteiger partial charge on any atom is 0.191 e. The summed E-state index contributed by atoms with van der Waals surface area (Å²) in [7, 11) is 0. The SMILES string of the molecule is CSc1nc(N)cc(NC(C)(C)C)n1. The molecule has 3 N–H and O–H groups in total. The van der Waals surface area contributed by atoms with Gasteiger partial charge in [-0.05, 0) is 27.0 Å². The molecule has 0 atom stereocenters. The van der Waals surface area contributed by atoms with E-state index < -0.39 is 0 Å². The second kappa shape index (κ2) is 4.04. The molecule has 0 radical (unpaired) electrons. The Hall–Kier alpha value is -0.970. The van der Waals surface area contributed by atoms with Gasteiger partial charge in [0.25, 0.3) is 0 Å². The standard InChI is InChI=1S/C9H16N4S/c1-9(2,3)13-7-5-6(10)11-8(12-7)14-4/h5H,1-4H3,(H3,10,11,12,13). The van der Waals surface area contributed by atoms with Crippen LogP contribution in [0, 0.1) is 0 Å². The maximum absolute atomic E-state index is 5.65. The molecule has 14 heavy (non-hydrogen) atoms. The average Bonchev–Trinajstić information content (AvgIpc) is 1.99. The van der Waals surface area contributed by atoms with Crippen LogP contribution in [0.1, 0.15) is 20.8 Å². The van der Waals surface area contributed by atoms with Gasteiger partial charge in [0, 0.05) is 11.6 Å². The van der Waals surface area contributed by atoms with Crippen LogP contribution in [0.15, 0.2) is 11.2 Å². The van der Waals surface area contributed by atoms with Crippen LogP contribution in [0.5, 0.6) is 0 Å². The van der Waals surface area contributed by atoms with Crippen LogP contribution in [0.4, 0.5) is 11.6 Å². The van der Waals surface area contributed by atoms with E-state index in [1.54, 1.807) is 6.07 Å². The van der Waals surface area contributed by atoms with Crippen molar-refractivity contribution >= 4 is 23.4 Å². The minimum absolute atomic E-state index is 0.0174. The lowest BCUT2D eigenvalue weighted by atomic mass is 10.1. The highest BCUT2D eigenvalue weighted by atomic mass is 32.2. The van der Waals surface area contributed by atoms with Crippen LogP contribution in [-0.4, -0.2) is 21.8 Å². The van der Waals surface area contributed by atoms with Crippen molar-refractivity contribution in [1.29, 1.82) is 0 Å². The summed E-state index contributed by atoms with van der Waals surface area (Å²) in [6.45, 7) is 6.22. The minimum Gasteiger partial charge on any atom is -0.383 e. The lowest BCUT2D eigenvalue weighted by molar-refractivity contribution is 0.628. The maximum atomic E-state index is 5.65. The van der Waals surface area contributed by atoms with Gasteiger partial charge in [0.2, 0.25) is 0 Å². The summed E-state index contributed by atoms with van der Waals surface area (Å²) in [6.07, 6.45) is 1.93. The monoisotopic (exact) mass is 212 g/mol. The molecule has 1 aromatic rings. The summed E-state index contributed by atoms with van der Waals surface area (Å²) in [5.74, 6) is 1.27. The quantitative estimate of drug-likeness (QED) is 0.580. The average molecular weight is 212 g/mol. The van der Waals surface area contributed by atoms with Crippen LogP contribution >= 0.6 is 11.8 Å². The molecular formula is C9H16N4S. The van der Waals surface area contributed by atoms with Crippen LogP contribution < -0.4 is 11.1 Å². The van der Waals surface area contributed by atoms with E-state index in [1.165, 1.54) is 11.8 Å². The molecular weight excluding hydrogens is 196 g/mol. The Morgan fingerprint density at radius 3 is 2.50 bits per heavy atom. The zero-order valence-electron chi connectivity index (χ0n) is 8.96. The summed E-state index contributed by atoms with van der Waals surface area (Å²) in [5, 5.41) is 3.94. The van der Waals surface area contributed by atoms with E-state index in [1.807, 2.05) is 6.26 Å². The summed E-state index contributed by atoms with van der Waals surface area (Å²) >= 11 is 1.48. The number of thioether (sulfide) groups is 1. The molecule has 1 rings (SSSR count). The number of hydrogen-bond donors (Lipinski definition) is 2. The first-order valence-electron chi connectivity index (χ1n) is 4.37. The number of aromatic nitrogens is 2. The van der Waals surface area contributed by atoms with Crippen molar-refractivity contribution in [1.82, 2.24) is 9.97 Å². The Kier molecular flexibility index (Phi) is 3.21. The van der Waals surface area contributed by atoms with Gasteiger partial charge >= 0.3 is 0 Å². The molecule has 0 amide bonds. The Morgan fingerprint density at radius 2 is 2.00 bits per heavy atom. The molecule has 0 saturated heterocycles. The fourth-order valence-corrected chi connectivity index (χ4v) is 1.37. The Labute approximate surface area is 88.7 Å². The zero-order chi connectivity index (χ0) is 10.8. The van der Waals surface area contributed by atoms with Crippen molar-refractivity contribution < 1.29 is 0 Å². The van der Waals surface area contributed by atoms with Gasteiger partial charge in [-0.25, -0.2) is 9.97 Å². The molecule has 0 spiro atoms. The molecule has 5 heteroatoms. The van der Waals surface area contributed by atoms with Crippen molar-refractivity contribution in [2.75, 3.05) is 17.3 Å². The number of rotatable bonds is 2. The third-order valence-electron chi connectivity index (χ3n) is 1.41. The van der Waals surface area contributed by atoms with Crippen LogP contribution in [0.25, 0.3) is 0 Å². The van der Waals surface area contributed by atoms with Crippen molar-refractivity contribution in [2.24, 2.45) is 0 Å². The summed E-state index contributed by atoms with van der Waals surface area (Å²) in [4.78, 5) is 8.37. The normalized spacial score (nSPS) is 11.4. The molecule has 0 aliphatic carbocycles. The van der Waals surface area contributed by atoms with E-state index >= 15 is 0 Å². The molecule has 0 aromatic carbocycles. The number of anilines is 2. The molecule has 0 saturated carbocycles. The predicted molar refractivity (Wildman–Crippen MR) is 61.6 cm³/mol. The van der Waals surface area contributed by atoms with E-state index in [9.17, 15) is 0 Å². The van der Waals surface area contributed by atoms with E-state index in [2.05, 4.69) is 36.1 Å².